The van der Waals surface area contributed by atoms with E-state index in [1.807, 2.05) is 36.9 Å². The molecule has 2 aliphatic rings. The van der Waals surface area contributed by atoms with Gasteiger partial charge in [-0.25, -0.2) is 8.42 Å². The third-order valence-electron chi connectivity index (χ3n) is 6.79. The van der Waals surface area contributed by atoms with Crippen LogP contribution in [-0.4, -0.2) is 67.4 Å². The van der Waals surface area contributed by atoms with Crippen LogP contribution in [0.15, 0.2) is 47.6 Å². The molecule has 8 heteroatoms. The van der Waals surface area contributed by atoms with E-state index in [0.717, 1.165) is 44.5 Å². The maximum absolute atomic E-state index is 13.6. The summed E-state index contributed by atoms with van der Waals surface area (Å²) in [5.74, 6) is -0.0607. The fourth-order valence-corrected chi connectivity index (χ4v) is 6.41. The Morgan fingerprint density at radius 1 is 1.00 bits per heavy atom. The lowest BCUT2D eigenvalue weighted by Gasteiger charge is -2.34. The van der Waals surface area contributed by atoms with Crippen LogP contribution in [0.3, 0.4) is 0 Å². The smallest absolute Gasteiger partial charge is 0.256 e. The van der Waals surface area contributed by atoms with Crippen LogP contribution in [-0.2, 0) is 10.0 Å². The van der Waals surface area contributed by atoms with Crippen LogP contribution >= 0.6 is 0 Å². The largest absolute Gasteiger partial charge is 0.371 e. The molecule has 7 nitrogen and oxygen atoms in total. The molecule has 0 spiro atoms. The van der Waals surface area contributed by atoms with Crippen molar-refractivity contribution in [1.82, 2.24) is 13.8 Å². The Hall–Kier alpha value is -2.32. The van der Waals surface area contributed by atoms with Crippen LogP contribution in [0.25, 0.3) is 0 Å². The van der Waals surface area contributed by atoms with Crippen molar-refractivity contribution in [2.45, 2.75) is 50.5 Å². The highest BCUT2D eigenvalue weighted by Crippen LogP contribution is 2.31. The van der Waals surface area contributed by atoms with Gasteiger partial charge in [0.2, 0.25) is 10.0 Å². The van der Waals surface area contributed by atoms with Crippen LogP contribution in [0.2, 0.25) is 0 Å². The number of carbonyl (C=O) groups excluding carboxylic acids is 1. The zero-order valence-corrected chi connectivity index (χ0v) is 19.9. The normalized spacial score (nSPS) is 18.0. The third kappa shape index (κ3) is 4.43. The highest BCUT2D eigenvalue weighted by atomic mass is 32.2. The summed E-state index contributed by atoms with van der Waals surface area (Å²) in [5, 5.41) is 0. The lowest BCUT2D eigenvalue weighted by molar-refractivity contribution is 0.0695. The van der Waals surface area contributed by atoms with E-state index in [1.54, 1.807) is 12.1 Å². The number of piperidine rings is 1. The Labute approximate surface area is 191 Å². The molecule has 1 aromatic heterocycles. The number of carbonyl (C=O) groups is 1. The zero-order valence-electron chi connectivity index (χ0n) is 19.1. The quantitative estimate of drug-likeness (QED) is 0.636. The van der Waals surface area contributed by atoms with Crippen LogP contribution in [0, 0.1) is 0 Å². The van der Waals surface area contributed by atoms with E-state index >= 15 is 0 Å². The van der Waals surface area contributed by atoms with E-state index in [2.05, 4.69) is 21.9 Å². The molecule has 174 valence electrons. The topological polar surface area (TPSA) is 65.9 Å². The molecule has 1 aromatic carbocycles. The molecule has 3 heterocycles. The van der Waals surface area contributed by atoms with Crippen molar-refractivity contribution in [2.75, 3.05) is 44.2 Å². The number of anilines is 1. The van der Waals surface area contributed by atoms with Gasteiger partial charge in [0.1, 0.15) is 0 Å². The maximum Gasteiger partial charge on any atom is 0.256 e. The molecular formula is C24H34N4O3S. The molecule has 2 fully saturated rings. The predicted octanol–water partition coefficient (Wildman–Crippen LogP) is 3.60. The molecular weight excluding hydrogens is 424 g/mol. The summed E-state index contributed by atoms with van der Waals surface area (Å²) in [6.45, 7) is 7.63. The fraction of sp³-hybridized carbons (Fsp3) is 0.542. The Kier molecular flexibility index (Phi) is 6.90. The van der Waals surface area contributed by atoms with Crippen LogP contribution < -0.4 is 4.90 Å². The summed E-state index contributed by atoms with van der Waals surface area (Å²) in [7, 11) is -3.63. The first kappa shape index (κ1) is 22.9. The number of benzene rings is 1. The van der Waals surface area contributed by atoms with Crippen LogP contribution in [0.4, 0.5) is 5.69 Å². The molecule has 0 unspecified atom stereocenters. The van der Waals surface area contributed by atoms with Crippen molar-refractivity contribution in [3.63, 3.8) is 0 Å². The minimum atomic E-state index is -3.63. The number of hydrogen-bond donors (Lipinski definition) is 0. The lowest BCUT2D eigenvalue weighted by Crippen LogP contribution is -2.39. The molecule has 0 saturated carbocycles. The van der Waals surface area contributed by atoms with E-state index in [4.69, 9.17) is 0 Å². The maximum atomic E-state index is 13.6. The van der Waals surface area contributed by atoms with Crippen molar-refractivity contribution >= 4 is 21.6 Å². The van der Waals surface area contributed by atoms with Crippen molar-refractivity contribution in [3.8, 4) is 0 Å². The summed E-state index contributed by atoms with van der Waals surface area (Å²) in [5.41, 5.74) is 1.37. The summed E-state index contributed by atoms with van der Waals surface area (Å²) in [4.78, 5) is 18.0. The van der Waals surface area contributed by atoms with Crippen molar-refractivity contribution in [3.05, 3.63) is 48.3 Å². The average molecular weight is 459 g/mol. The van der Waals surface area contributed by atoms with E-state index in [9.17, 15) is 13.2 Å². The van der Waals surface area contributed by atoms with E-state index in [1.165, 1.54) is 4.31 Å². The lowest BCUT2D eigenvalue weighted by atomic mass is 10.0. The molecule has 32 heavy (non-hydrogen) atoms. The zero-order chi connectivity index (χ0) is 22.7. The molecule has 0 atom stereocenters. The van der Waals surface area contributed by atoms with Gasteiger partial charge in [-0.1, -0.05) is 13.8 Å². The second-order valence-electron chi connectivity index (χ2n) is 8.62. The van der Waals surface area contributed by atoms with E-state index in [-0.39, 0.29) is 10.8 Å². The van der Waals surface area contributed by atoms with Gasteiger partial charge in [0.05, 0.1) is 10.5 Å². The summed E-state index contributed by atoms with van der Waals surface area (Å²) >= 11 is 0. The van der Waals surface area contributed by atoms with E-state index in [0.29, 0.717) is 37.8 Å². The first-order valence-corrected chi connectivity index (χ1v) is 13.2. The van der Waals surface area contributed by atoms with Gasteiger partial charge < -0.3 is 14.4 Å². The summed E-state index contributed by atoms with van der Waals surface area (Å²) in [6, 6.07) is 9.57. The monoisotopic (exact) mass is 458 g/mol. The predicted molar refractivity (Wildman–Crippen MR) is 127 cm³/mol. The molecule has 0 N–H and O–H groups in total. The molecule has 0 bridgehead atoms. The molecule has 2 aromatic rings. The Morgan fingerprint density at radius 3 is 2.22 bits per heavy atom. The minimum absolute atomic E-state index is 0.0607. The Balaban J connectivity index is 1.62. The van der Waals surface area contributed by atoms with Gasteiger partial charge in [-0.05, 0) is 56.0 Å². The third-order valence-corrected chi connectivity index (χ3v) is 8.84. The number of sulfonamides is 1. The van der Waals surface area contributed by atoms with Gasteiger partial charge in [-0.15, -0.1) is 0 Å². The molecule has 1 amide bonds. The average Bonchev–Trinajstić information content (AvgIpc) is 3.53. The number of aromatic nitrogens is 1. The number of amides is 1. The second-order valence-corrected chi connectivity index (χ2v) is 10.6. The van der Waals surface area contributed by atoms with Crippen molar-refractivity contribution < 1.29 is 13.2 Å². The molecule has 2 aliphatic heterocycles. The number of hydrogen-bond acceptors (Lipinski definition) is 4. The Morgan fingerprint density at radius 2 is 1.62 bits per heavy atom. The first-order valence-electron chi connectivity index (χ1n) is 11.8. The van der Waals surface area contributed by atoms with Gasteiger partial charge >= 0.3 is 0 Å². The molecule has 2 saturated heterocycles. The number of nitrogens with zero attached hydrogens (tertiary/aromatic N) is 4. The summed E-state index contributed by atoms with van der Waals surface area (Å²) in [6.07, 6.45) is 8.14. The standard InChI is InChI=1S/C24H34N4O3S/c1-3-28(4-2)32(30,31)21-9-10-23(26-15-7-8-16-26)22(19-21)24(29)27-17-11-20(12-18-27)25-13-5-6-14-25/h5-6,9-10,13-14,19-20H,3-4,7-8,11-12,15-18H2,1-2H3. The van der Waals surface area contributed by atoms with E-state index < -0.39 is 10.0 Å². The number of rotatable bonds is 7. The SMILES string of the molecule is CCN(CC)S(=O)(=O)c1ccc(N2CCCC2)c(C(=O)N2CCC(n3cccc3)CC2)c1. The van der Waals surface area contributed by atoms with Crippen LogP contribution in [0.5, 0.6) is 0 Å². The van der Waals surface area contributed by atoms with Crippen molar-refractivity contribution in [1.29, 1.82) is 0 Å². The fourth-order valence-electron chi connectivity index (χ4n) is 4.92. The van der Waals surface area contributed by atoms with Gasteiger partial charge in [-0.3, -0.25) is 4.79 Å². The highest BCUT2D eigenvalue weighted by Gasteiger charge is 2.30. The summed E-state index contributed by atoms with van der Waals surface area (Å²) < 4.78 is 29.9. The number of likely N-dealkylation sites (tertiary alicyclic amines) is 1. The first-order chi connectivity index (χ1) is 15.5. The minimum Gasteiger partial charge on any atom is -0.371 e. The van der Waals surface area contributed by atoms with Gasteiger partial charge in [0.15, 0.2) is 0 Å². The second kappa shape index (κ2) is 9.67. The molecule has 4 rings (SSSR count). The van der Waals surface area contributed by atoms with Crippen LogP contribution in [0.1, 0.15) is 55.9 Å². The van der Waals surface area contributed by atoms with Gasteiger partial charge in [0.25, 0.3) is 5.91 Å². The Bertz CT molecular complexity index is 1020. The van der Waals surface area contributed by atoms with Crippen molar-refractivity contribution in [2.24, 2.45) is 0 Å². The molecule has 0 aliphatic carbocycles. The van der Waals surface area contributed by atoms with Gasteiger partial charge in [0, 0.05) is 63.4 Å². The highest BCUT2D eigenvalue weighted by molar-refractivity contribution is 7.89. The van der Waals surface area contributed by atoms with Gasteiger partial charge in [-0.2, -0.15) is 4.31 Å². The molecule has 0 radical (unpaired) electrons.